The van der Waals surface area contributed by atoms with Crippen LogP contribution in [0.1, 0.15) is 45.7 Å². The highest BCUT2D eigenvalue weighted by atomic mass is 19.1. The standard InChI is InChI=1S/C24H31FN2O4/c1-16(28)26-20(17-10-12-18(30-5)13-11-17)14-23(29)27-22(24(2,3)4)15-31-21-9-7-6-8-19(21)25/h6-13,20,22H,14-15H2,1-5H3,(H,26,28)(H,27,29). The highest BCUT2D eigenvalue weighted by molar-refractivity contribution is 5.79. The van der Waals surface area contributed by atoms with E-state index >= 15 is 0 Å². The molecule has 0 spiro atoms. The Balaban J connectivity index is 2.09. The van der Waals surface area contributed by atoms with Crippen molar-refractivity contribution in [2.24, 2.45) is 5.41 Å². The van der Waals surface area contributed by atoms with Gasteiger partial charge in [-0.15, -0.1) is 0 Å². The number of halogens is 1. The predicted molar refractivity (Wildman–Crippen MR) is 117 cm³/mol. The second kappa shape index (κ2) is 10.8. The lowest BCUT2D eigenvalue weighted by molar-refractivity contribution is -0.124. The Labute approximate surface area is 183 Å². The molecule has 0 heterocycles. The Bertz CT molecular complexity index is 878. The van der Waals surface area contributed by atoms with Gasteiger partial charge in [0.2, 0.25) is 11.8 Å². The minimum Gasteiger partial charge on any atom is -0.497 e. The van der Waals surface area contributed by atoms with Gasteiger partial charge in [-0.05, 0) is 35.2 Å². The lowest BCUT2D eigenvalue weighted by Crippen LogP contribution is -2.48. The summed E-state index contributed by atoms with van der Waals surface area (Å²) in [7, 11) is 1.57. The van der Waals surface area contributed by atoms with Crippen LogP contribution < -0.4 is 20.1 Å². The lowest BCUT2D eigenvalue weighted by atomic mass is 9.87. The van der Waals surface area contributed by atoms with E-state index in [1.807, 2.05) is 32.9 Å². The maximum absolute atomic E-state index is 13.9. The van der Waals surface area contributed by atoms with Crippen LogP contribution in [0.2, 0.25) is 0 Å². The second-order valence-electron chi connectivity index (χ2n) is 8.46. The molecule has 2 aromatic rings. The third kappa shape index (κ3) is 7.59. The van der Waals surface area contributed by atoms with Crippen molar-refractivity contribution >= 4 is 11.8 Å². The Hall–Kier alpha value is -3.09. The lowest BCUT2D eigenvalue weighted by Gasteiger charge is -2.32. The maximum Gasteiger partial charge on any atom is 0.222 e. The highest BCUT2D eigenvalue weighted by Crippen LogP contribution is 2.24. The number of carbonyl (C=O) groups excluding carboxylic acids is 2. The van der Waals surface area contributed by atoms with Gasteiger partial charge in [-0.25, -0.2) is 4.39 Å². The average molecular weight is 431 g/mol. The molecule has 6 nitrogen and oxygen atoms in total. The fraction of sp³-hybridized carbons (Fsp3) is 0.417. The van der Waals surface area contributed by atoms with Gasteiger partial charge in [-0.1, -0.05) is 45.0 Å². The van der Waals surface area contributed by atoms with Gasteiger partial charge < -0.3 is 20.1 Å². The van der Waals surface area contributed by atoms with E-state index in [0.717, 1.165) is 5.56 Å². The van der Waals surface area contributed by atoms with E-state index in [2.05, 4.69) is 10.6 Å². The van der Waals surface area contributed by atoms with Gasteiger partial charge in [-0.2, -0.15) is 0 Å². The van der Waals surface area contributed by atoms with Gasteiger partial charge in [0.1, 0.15) is 12.4 Å². The van der Waals surface area contributed by atoms with E-state index in [0.29, 0.717) is 5.75 Å². The number of carbonyl (C=O) groups is 2. The van der Waals surface area contributed by atoms with Crippen LogP contribution >= 0.6 is 0 Å². The number of hydrogen-bond donors (Lipinski definition) is 2. The maximum atomic E-state index is 13.9. The zero-order chi connectivity index (χ0) is 23.0. The average Bonchev–Trinajstić information content (AvgIpc) is 2.70. The van der Waals surface area contributed by atoms with Gasteiger partial charge in [-0.3, -0.25) is 9.59 Å². The topological polar surface area (TPSA) is 76.7 Å². The van der Waals surface area contributed by atoms with Crippen LogP contribution in [0.3, 0.4) is 0 Å². The number of hydrogen-bond acceptors (Lipinski definition) is 4. The summed E-state index contributed by atoms with van der Waals surface area (Å²) in [5.74, 6) is -0.101. The van der Waals surface area contributed by atoms with E-state index in [9.17, 15) is 14.0 Å². The number of nitrogens with one attached hydrogen (secondary N) is 2. The molecule has 2 unspecified atom stereocenters. The van der Waals surface area contributed by atoms with Crippen LogP contribution in [0.5, 0.6) is 11.5 Å². The molecule has 0 saturated carbocycles. The molecule has 2 amide bonds. The summed E-state index contributed by atoms with van der Waals surface area (Å²) in [6, 6.07) is 12.5. The molecule has 0 bridgehead atoms. The molecule has 7 heteroatoms. The molecule has 2 N–H and O–H groups in total. The first-order valence-corrected chi connectivity index (χ1v) is 10.2. The van der Waals surface area contributed by atoms with Gasteiger partial charge in [0.15, 0.2) is 11.6 Å². The first-order chi connectivity index (χ1) is 14.6. The minimum absolute atomic E-state index is 0.0538. The van der Waals surface area contributed by atoms with E-state index in [4.69, 9.17) is 9.47 Å². The van der Waals surface area contributed by atoms with Crippen molar-refractivity contribution in [3.63, 3.8) is 0 Å². The van der Waals surface area contributed by atoms with Crippen molar-refractivity contribution in [2.75, 3.05) is 13.7 Å². The second-order valence-corrected chi connectivity index (χ2v) is 8.46. The summed E-state index contributed by atoms with van der Waals surface area (Å²) in [5.41, 5.74) is 0.464. The number of ether oxygens (including phenoxy) is 2. The summed E-state index contributed by atoms with van der Waals surface area (Å²) in [5, 5.41) is 5.80. The molecule has 0 aliphatic heterocycles. The van der Waals surface area contributed by atoms with E-state index in [1.54, 1.807) is 37.4 Å². The van der Waals surface area contributed by atoms with Crippen LogP contribution in [-0.4, -0.2) is 31.6 Å². The van der Waals surface area contributed by atoms with Crippen molar-refractivity contribution in [3.8, 4) is 11.5 Å². The van der Waals surface area contributed by atoms with Crippen LogP contribution in [0.4, 0.5) is 4.39 Å². The largest absolute Gasteiger partial charge is 0.497 e. The molecule has 0 aromatic heterocycles. The molecule has 2 aromatic carbocycles. The fourth-order valence-corrected chi connectivity index (χ4v) is 3.02. The first kappa shape index (κ1) is 24.2. The Kier molecular flexibility index (Phi) is 8.42. The van der Waals surface area contributed by atoms with Gasteiger partial charge >= 0.3 is 0 Å². The minimum atomic E-state index is -0.489. The third-order valence-electron chi connectivity index (χ3n) is 4.91. The van der Waals surface area contributed by atoms with Gasteiger partial charge in [0, 0.05) is 6.92 Å². The monoisotopic (exact) mass is 430 g/mol. The third-order valence-corrected chi connectivity index (χ3v) is 4.91. The zero-order valence-electron chi connectivity index (χ0n) is 18.7. The number of methoxy groups -OCH3 is 1. The summed E-state index contributed by atoms with van der Waals surface area (Å²) in [6.45, 7) is 7.43. The van der Waals surface area contributed by atoms with Crippen LogP contribution in [-0.2, 0) is 9.59 Å². The van der Waals surface area contributed by atoms with Crippen LogP contribution in [0, 0.1) is 11.2 Å². The van der Waals surface area contributed by atoms with E-state index in [1.165, 1.54) is 13.0 Å². The van der Waals surface area contributed by atoms with Gasteiger partial charge in [0.05, 0.1) is 25.6 Å². The zero-order valence-corrected chi connectivity index (χ0v) is 18.7. The predicted octanol–water partition coefficient (Wildman–Crippen LogP) is 4.01. The molecule has 0 fully saturated rings. The molecule has 31 heavy (non-hydrogen) atoms. The molecule has 2 rings (SSSR count). The van der Waals surface area contributed by atoms with Crippen LogP contribution in [0.25, 0.3) is 0 Å². The molecule has 0 aliphatic rings. The van der Waals surface area contributed by atoms with Crippen molar-refractivity contribution < 1.29 is 23.5 Å². The van der Waals surface area contributed by atoms with E-state index in [-0.39, 0.29) is 42.0 Å². The molecule has 0 aliphatic carbocycles. The normalized spacial score (nSPS) is 13.1. The van der Waals surface area contributed by atoms with E-state index < -0.39 is 11.9 Å². The van der Waals surface area contributed by atoms with Crippen molar-refractivity contribution in [3.05, 3.63) is 59.9 Å². The van der Waals surface area contributed by atoms with Crippen LogP contribution in [0.15, 0.2) is 48.5 Å². The quantitative estimate of drug-likeness (QED) is 0.630. The summed E-state index contributed by atoms with van der Waals surface area (Å²) >= 11 is 0. The summed E-state index contributed by atoms with van der Waals surface area (Å²) < 4.78 is 24.7. The number of benzene rings is 2. The molecule has 2 atom stereocenters. The highest BCUT2D eigenvalue weighted by Gasteiger charge is 2.28. The van der Waals surface area contributed by atoms with Crippen molar-refractivity contribution in [1.82, 2.24) is 10.6 Å². The number of amides is 2. The smallest absolute Gasteiger partial charge is 0.222 e. The first-order valence-electron chi connectivity index (χ1n) is 10.2. The Morgan fingerprint density at radius 1 is 1.03 bits per heavy atom. The molecular weight excluding hydrogens is 399 g/mol. The van der Waals surface area contributed by atoms with Crippen molar-refractivity contribution in [2.45, 2.75) is 46.2 Å². The number of para-hydroxylation sites is 1. The van der Waals surface area contributed by atoms with Crippen molar-refractivity contribution in [1.29, 1.82) is 0 Å². The molecule has 168 valence electrons. The molecule has 0 saturated heterocycles. The molecule has 0 radical (unpaired) electrons. The van der Waals surface area contributed by atoms with Gasteiger partial charge in [0.25, 0.3) is 0 Å². The summed E-state index contributed by atoms with van der Waals surface area (Å²) in [4.78, 5) is 24.5. The SMILES string of the molecule is COc1ccc(C(CC(=O)NC(COc2ccccc2F)C(C)(C)C)NC(C)=O)cc1. The molecular formula is C24H31FN2O4. The fourth-order valence-electron chi connectivity index (χ4n) is 3.02. The summed E-state index contributed by atoms with van der Waals surface area (Å²) in [6.07, 6.45) is 0.0538. The Morgan fingerprint density at radius 2 is 1.68 bits per heavy atom. The number of rotatable bonds is 9. The Morgan fingerprint density at radius 3 is 2.23 bits per heavy atom.